The molecule has 4 heteroatoms. The number of carbonyl (C=O) groups excluding carboxylic acids is 2. The van der Waals surface area contributed by atoms with E-state index in [4.69, 9.17) is 0 Å². The Balaban J connectivity index is 1.89. The molecule has 0 unspecified atom stereocenters. The van der Waals surface area contributed by atoms with E-state index < -0.39 is 6.04 Å². The number of benzene rings is 2. The average Bonchev–Trinajstić information content (AvgIpc) is 2.93. The van der Waals surface area contributed by atoms with Crippen molar-refractivity contribution in [3.8, 4) is 0 Å². The zero-order chi connectivity index (χ0) is 16.9. The summed E-state index contributed by atoms with van der Waals surface area (Å²) in [6.45, 7) is 3.19. The number of amides is 2. The summed E-state index contributed by atoms with van der Waals surface area (Å²) in [5, 5.41) is 2.97. The first-order chi connectivity index (χ1) is 11.7. The maximum absolute atomic E-state index is 12.8. The SMILES string of the molecule is CCCCNC(=O)[C@@H](c1ccccc1)N1Cc2ccccc2C1=O. The molecule has 0 saturated carbocycles. The van der Waals surface area contributed by atoms with Crippen LogP contribution in [-0.2, 0) is 11.3 Å². The Morgan fingerprint density at radius 1 is 1.12 bits per heavy atom. The molecule has 0 spiro atoms. The van der Waals surface area contributed by atoms with E-state index in [0.717, 1.165) is 24.0 Å². The molecule has 2 aromatic carbocycles. The molecule has 2 aromatic rings. The third kappa shape index (κ3) is 3.18. The first-order valence-electron chi connectivity index (χ1n) is 8.44. The lowest BCUT2D eigenvalue weighted by molar-refractivity contribution is -0.126. The van der Waals surface area contributed by atoms with E-state index >= 15 is 0 Å². The molecular formula is C20H22N2O2. The van der Waals surface area contributed by atoms with E-state index in [2.05, 4.69) is 12.2 Å². The smallest absolute Gasteiger partial charge is 0.255 e. The molecular weight excluding hydrogens is 300 g/mol. The summed E-state index contributed by atoms with van der Waals surface area (Å²) in [6, 6.07) is 16.5. The van der Waals surface area contributed by atoms with Crippen molar-refractivity contribution in [3.63, 3.8) is 0 Å². The van der Waals surface area contributed by atoms with E-state index in [0.29, 0.717) is 18.7 Å². The van der Waals surface area contributed by atoms with Crippen LogP contribution in [0, 0.1) is 0 Å². The Morgan fingerprint density at radius 2 is 1.83 bits per heavy atom. The molecule has 0 aromatic heterocycles. The van der Waals surface area contributed by atoms with Crippen LogP contribution in [0.2, 0.25) is 0 Å². The Bertz CT molecular complexity index is 727. The molecule has 1 heterocycles. The van der Waals surface area contributed by atoms with E-state index in [1.165, 1.54) is 0 Å². The molecule has 1 aliphatic rings. The predicted molar refractivity (Wildman–Crippen MR) is 93.4 cm³/mol. The fraction of sp³-hybridized carbons (Fsp3) is 0.300. The number of hydrogen-bond donors (Lipinski definition) is 1. The number of unbranched alkanes of at least 4 members (excludes halogenated alkanes) is 1. The number of nitrogens with one attached hydrogen (secondary N) is 1. The second kappa shape index (κ2) is 7.30. The Kier molecular flexibility index (Phi) is 4.94. The molecule has 4 nitrogen and oxygen atoms in total. The van der Waals surface area contributed by atoms with Crippen LogP contribution in [-0.4, -0.2) is 23.3 Å². The molecule has 3 rings (SSSR count). The minimum Gasteiger partial charge on any atom is -0.354 e. The van der Waals surface area contributed by atoms with E-state index in [9.17, 15) is 9.59 Å². The molecule has 24 heavy (non-hydrogen) atoms. The molecule has 1 aliphatic heterocycles. The van der Waals surface area contributed by atoms with Crippen LogP contribution in [0.1, 0.15) is 47.3 Å². The van der Waals surface area contributed by atoms with Crippen molar-refractivity contribution in [3.05, 3.63) is 71.3 Å². The lowest BCUT2D eigenvalue weighted by atomic mass is 10.0. The van der Waals surface area contributed by atoms with Crippen LogP contribution in [0.3, 0.4) is 0 Å². The van der Waals surface area contributed by atoms with Gasteiger partial charge in [-0.15, -0.1) is 0 Å². The predicted octanol–water partition coefficient (Wildman–Crippen LogP) is 3.30. The van der Waals surface area contributed by atoms with Crippen LogP contribution >= 0.6 is 0 Å². The molecule has 0 bridgehead atoms. The van der Waals surface area contributed by atoms with Gasteiger partial charge in [-0.05, 0) is 23.6 Å². The lowest BCUT2D eigenvalue weighted by Gasteiger charge is -2.27. The summed E-state index contributed by atoms with van der Waals surface area (Å²) >= 11 is 0. The minimum atomic E-state index is -0.594. The van der Waals surface area contributed by atoms with Crippen molar-refractivity contribution in [1.82, 2.24) is 10.2 Å². The van der Waals surface area contributed by atoms with Gasteiger partial charge in [-0.1, -0.05) is 61.9 Å². The molecule has 0 fully saturated rings. The van der Waals surface area contributed by atoms with Crippen LogP contribution in [0.4, 0.5) is 0 Å². The highest BCUT2D eigenvalue weighted by molar-refractivity contribution is 6.01. The van der Waals surface area contributed by atoms with Crippen LogP contribution in [0.25, 0.3) is 0 Å². The molecule has 2 amide bonds. The zero-order valence-corrected chi connectivity index (χ0v) is 13.9. The molecule has 1 N–H and O–H groups in total. The summed E-state index contributed by atoms with van der Waals surface area (Å²) in [5.41, 5.74) is 2.51. The average molecular weight is 322 g/mol. The Hall–Kier alpha value is -2.62. The van der Waals surface area contributed by atoms with Gasteiger partial charge in [0.1, 0.15) is 6.04 Å². The number of hydrogen-bond acceptors (Lipinski definition) is 2. The van der Waals surface area contributed by atoms with Gasteiger partial charge in [0.05, 0.1) is 0 Å². The maximum Gasteiger partial charge on any atom is 0.255 e. The maximum atomic E-state index is 12.8. The van der Waals surface area contributed by atoms with Gasteiger partial charge in [0.25, 0.3) is 5.91 Å². The summed E-state index contributed by atoms with van der Waals surface area (Å²) in [4.78, 5) is 27.3. The van der Waals surface area contributed by atoms with Gasteiger partial charge in [-0.2, -0.15) is 0 Å². The monoisotopic (exact) mass is 322 g/mol. The van der Waals surface area contributed by atoms with Gasteiger partial charge in [-0.25, -0.2) is 0 Å². The van der Waals surface area contributed by atoms with Crippen molar-refractivity contribution in [2.45, 2.75) is 32.4 Å². The Labute approximate surface area is 142 Å². The van der Waals surface area contributed by atoms with Gasteiger partial charge >= 0.3 is 0 Å². The molecule has 0 radical (unpaired) electrons. The third-order valence-corrected chi connectivity index (χ3v) is 4.35. The van der Waals surface area contributed by atoms with Crippen LogP contribution < -0.4 is 5.32 Å². The summed E-state index contributed by atoms with van der Waals surface area (Å²) in [7, 11) is 0. The van der Waals surface area contributed by atoms with Crippen LogP contribution in [0.5, 0.6) is 0 Å². The Morgan fingerprint density at radius 3 is 2.54 bits per heavy atom. The third-order valence-electron chi connectivity index (χ3n) is 4.35. The normalized spacial score (nSPS) is 14.4. The minimum absolute atomic E-state index is 0.0786. The zero-order valence-electron chi connectivity index (χ0n) is 13.9. The van der Waals surface area contributed by atoms with Gasteiger partial charge in [0.2, 0.25) is 5.91 Å². The largest absolute Gasteiger partial charge is 0.354 e. The summed E-state index contributed by atoms with van der Waals surface area (Å²) in [6.07, 6.45) is 1.95. The summed E-state index contributed by atoms with van der Waals surface area (Å²) in [5.74, 6) is -0.194. The number of fused-ring (bicyclic) bond motifs is 1. The van der Waals surface area contributed by atoms with Crippen molar-refractivity contribution in [2.75, 3.05) is 6.54 Å². The molecule has 124 valence electrons. The van der Waals surface area contributed by atoms with Crippen LogP contribution in [0.15, 0.2) is 54.6 Å². The quantitative estimate of drug-likeness (QED) is 0.830. The fourth-order valence-electron chi connectivity index (χ4n) is 3.08. The number of rotatable bonds is 6. The highest BCUT2D eigenvalue weighted by atomic mass is 16.2. The van der Waals surface area contributed by atoms with Crippen molar-refractivity contribution in [1.29, 1.82) is 0 Å². The van der Waals surface area contributed by atoms with E-state index in [1.807, 2.05) is 54.6 Å². The van der Waals surface area contributed by atoms with E-state index in [1.54, 1.807) is 4.90 Å². The van der Waals surface area contributed by atoms with Crippen molar-refractivity contribution in [2.24, 2.45) is 0 Å². The van der Waals surface area contributed by atoms with Gasteiger partial charge in [0, 0.05) is 18.7 Å². The van der Waals surface area contributed by atoms with Gasteiger partial charge in [-0.3, -0.25) is 9.59 Å². The fourth-order valence-corrected chi connectivity index (χ4v) is 3.08. The second-order valence-corrected chi connectivity index (χ2v) is 6.05. The van der Waals surface area contributed by atoms with Gasteiger partial charge in [0.15, 0.2) is 0 Å². The highest BCUT2D eigenvalue weighted by Gasteiger charge is 2.36. The number of carbonyl (C=O) groups is 2. The first kappa shape index (κ1) is 16.2. The standard InChI is InChI=1S/C20H22N2O2/c1-2-3-13-21-19(23)18(15-9-5-4-6-10-15)22-14-16-11-7-8-12-17(16)20(22)24/h4-12,18H,2-3,13-14H2,1H3,(H,21,23)/t18-/m1/s1. The summed E-state index contributed by atoms with van der Waals surface area (Å²) < 4.78 is 0. The van der Waals surface area contributed by atoms with Gasteiger partial charge < -0.3 is 10.2 Å². The highest BCUT2D eigenvalue weighted by Crippen LogP contribution is 2.31. The van der Waals surface area contributed by atoms with E-state index in [-0.39, 0.29) is 11.8 Å². The first-order valence-corrected chi connectivity index (χ1v) is 8.44. The van der Waals surface area contributed by atoms with Crippen molar-refractivity contribution < 1.29 is 9.59 Å². The topological polar surface area (TPSA) is 49.4 Å². The molecule has 0 saturated heterocycles. The number of nitrogens with zero attached hydrogens (tertiary/aromatic N) is 1. The lowest BCUT2D eigenvalue weighted by Crippen LogP contribution is -2.41. The second-order valence-electron chi connectivity index (χ2n) is 6.05. The molecule has 1 atom stereocenters. The van der Waals surface area contributed by atoms with Crippen molar-refractivity contribution >= 4 is 11.8 Å². The molecule has 0 aliphatic carbocycles.